The van der Waals surface area contributed by atoms with Crippen molar-refractivity contribution in [2.24, 2.45) is 0 Å². The van der Waals surface area contributed by atoms with Gasteiger partial charge in [0.15, 0.2) is 0 Å². The summed E-state index contributed by atoms with van der Waals surface area (Å²) in [5, 5.41) is 10.3. The van der Waals surface area contributed by atoms with E-state index in [9.17, 15) is 10.1 Å². The minimum Gasteiger partial charge on any atom is -0.495 e. The van der Waals surface area contributed by atoms with E-state index in [4.69, 9.17) is 15.2 Å². The summed E-state index contributed by atoms with van der Waals surface area (Å²) in [6.45, 7) is 0. The van der Waals surface area contributed by atoms with Crippen molar-refractivity contribution in [1.29, 1.82) is 0 Å². The average molecular weight is 434 g/mol. The van der Waals surface area contributed by atoms with Crippen molar-refractivity contribution >= 4 is 43.2 Å². The van der Waals surface area contributed by atoms with Gasteiger partial charge in [-0.1, -0.05) is 0 Å². The van der Waals surface area contributed by atoms with Crippen molar-refractivity contribution in [3.63, 3.8) is 0 Å². The Morgan fingerprint density at radius 2 is 1.50 bits per heavy atom. The Labute approximate surface area is 144 Å². The van der Waals surface area contributed by atoms with Crippen LogP contribution in [-0.2, 0) is 0 Å². The lowest BCUT2D eigenvalue weighted by molar-refractivity contribution is -0.384. The van der Waals surface area contributed by atoms with Crippen LogP contribution in [0.25, 0.3) is 0 Å². The van der Waals surface area contributed by atoms with Gasteiger partial charge in [0.1, 0.15) is 11.5 Å². The molecule has 0 fully saturated rings. The Balaban J connectivity index is 0.000000224. The summed E-state index contributed by atoms with van der Waals surface area (Å²) in [7, 11) is 3.07. The fourth-order valence-corrected chi connectivity index (χ4v) is 2.26. The van der Waals surface area contributed by atoms with Crippen molar-refractivity contribution < 1.29 is 14.4 Å². The zero-order chi connectivity index (χ0) is 16.7. The van der Waals surface area contributed by atoms with Gasteiger partial charge in [0, 0.05) is 17.8 Å². The number of ether oxygens (including phenoxy) is 2. The van der Waals surface area contributed by atoms with Crippen molar-refractivity contribution in [3.8, 4) is 11.5 Å². The van der Waals surface area contributed by atoms with Crippen LogP contribution in [0.3, 0.4) is 0 Å². The topological polar surface area (TPSA) is 87.6 Å². The molecule has 118 valence electrons. The number of nitrogens with two attached hydrogens (primary N) is 1. The maximum Gasteiger partial charge on any atom is 0.273 e. The Kier molecular flexibility index (Phi) is 7.13. The fraction of sp³-hybridized carbons (Fsp3) is 0.143. The summed E-state index contributed by atoms with van der Waals surface area (Å²) in [6.07, 6.45) is 0. The van der Waals surface area contributed by atoms with Crippen LogP contribution in [0.5, 0.6) is 11.5 Å². The molecule has 0 amide bonds. The maximum absolute atomic E-state index is 10.3. The molecule has 2 aromatic carbocycles. The number of rotatable bonds is 3. The van der Waals surface area contributed by atoms with Crippen LogP contribution < -0.4 is 15.2 Å². The number of nitrogen functional groups attached to an aromatic ring is 1. The molecule has 0 aromatic heterocycles. The number of nitrogens with zero attached hydrogens (tertiary/aromatic N) is 1. The quantitative estimate of drug-likeness (QED) is 0.440. The summed E-state index contributed by atoms with van der Waals surface area (Å²) in [6, 6.07) is 9.79. The minimum absolute atomic E-state index is 0.0232. The molecular formula is C14H14Br2N2O4. The average Bonchev–Trinajstić information content (AvgIpc) is 2.50. The fourth-order valence-electron chi connectivity index (χ4n) is 1.44. The number of benzene rings is 2. The normalized spacial score (nSPS) is 9.45. The molecule has 0 radical (unpaired) electrons. The van der Waals surface area contributed by atoms with Crippen LogP contribution in [0.15, 0.2) is 45.3 Å². The molecule has 0 aliphatic rings. The van der Waals surface area contributed by atoms with E-state index in [1.165, 1.54) is 19.2 Å². The number of hydrogen-bond acceptors (Lipinski definition) is 5. The highest BCUT2D eigenvalue weighted by Crippen LogP contribution is 2.28. The van der Waals surface area contributed by atoms with Gasteiger partial charge in [-0.05, 0) is 50.1 Å². The second-order valence-corrected chi connectivity index (χ2v) is 5.68. The third kappa shape index (κ3) is 5.19. The highest BCUT2D eigenvalue weighted by Gasteiger charge is 2.08. The first-order valence-electron chi connectivity index (χ1n) is 5.96. The second kappa shape index (κ2) is 8.60. The van der Waals surface area contributed by atoms with E-state index in [0.717, 1.165) is 10.2 Å². The highest BCUT2D eigenvalue weighted by molar-refractivity contribution is 9.10. The molecule has 2 aromatic rings. The largest absolute Gasteiger partial charge is 0.495 e. The van der Waals surface area contributed by atoms with E-state index in [1.807, 2.05) is 12.1 Å². The lowest BCUT2D eigenvalue weighted by Crippen LogP contribution is -1.90. The molecule has 6 nitrogen and oxygen atoms in total. The Morgan fingerprint density at radius 3 is 1.95 bits per heavy atom. The first kappa shape index (κ1) is 18.2. The minimum atomic E-state index is -0.463. The lowest BCUT2D eigenvalue weighted by Gasteiger charge is -2.02. The second-order valence-electron chi connectivity index (χ2n) is 3.97. The summed E-state index contributed by atoms with van der Waals surface area (Å²) >= 11 is 6.50. The highest BCUT2D eigenvalue weighted by atomic mass is 79.9. The van der Waals surface area contributed by atoms with E-state index >= 15 is 0 Å². The Bertz CT molecular complexity index is 665. The Morgan fingerprint density at radius 1 is 1.00 bits per heavy atom. The SMILES string of the molecule is COc1cc(N)ccc1Br.COc1cc([N+](=O)[O-])ccc1Br. The number of non-ortho nitro benzene ring substituents is 1. The zero-order valence-electron chi connectivity index (χ0n) is 11.9. The molecule has 0 aliphatic carbocycles. The molecule has 0 saturated heterocycles. The van der Waals surface area contributed by atoms with E-state index in [-0.39, 0.29) is 5.69 Å². The third-order valence-corrected chi connectivity index (χ3v) is 3.83. The van der Waals surface area contributed by atoms with Gasteiger partial charge in [0.05, 0.1) is 34.2 Å². The zero-order valence-corrected chi connectivity index (χ0v) is 15.0. The Hall–Kier alpha value is -1.80. The number of halogens is 2. The molecule has 22 heavy (non-hydrogen) atoms. The number of nitro groups is 1. The molecule has 0 atom stereocenters. The maximum atomic E-state index is 10.3. The molecule has 0 spiro atoms. The molecule has 0 bridgehead atoms. The molecule has 0 unspecified atom stereocenters. The van der Waals surface area contributed by atoms with Crippen molar-refractivity contribution in [1.82, 2.24) is 0 Å². The van der Waals surface area contributed by atoms with E-state index in [0.29, 0.717) is 15.9 Å². The van der Waals surface area contributed by atoms with E-state index in [2.05, 4.69) is 31.9 Å². The van der Waals surface area contributed by atoms with Gasteiger partial charge in [0.2, 0.25) is 0 Å². The molecular weight excluding hydrogens is 420 g/mol. The van der Waals surface area contributed by atoms with Gasteiger partial charge in [0.25, 0.3) is 5.69 Å². The number of methoxy groups -OCH3 is 2. The number of hydrogen-bond donors (Lipinski definition) is 1. The smallest absolute Gasteiger partial charge is 0.273 e. The van der Waals surface area contributed by atoms with Crippen LogP contribution >= 0.6 is 31.9 Å². The van der Waals surface area contributed by atoms with E-state index in [1.54, 1.807) is 19.2 Å². The van der Waals surface area contributed by atoms with Gasteiger partial charge in [-0.15, -0.1) is 0 Å². The summed E-state index contributed by atoms with van der Waals surface area (Å²) < 4.78 is 11.5. The van der Waals surface area contributed by atoms with Gasteiger partial charge >= 0.3 is 0 Å². The summed E-state index contributed by atoms with van der Waals surface area (Å²) in [5.74, 6) is 1.23. The molecule has 8 heteroatoms. The molecule has 2 N–H and O–H groups in total. The summed E-state index contributed by atoms with van der Waals surface area (Å²) in [4.78, 5) is 9.85. The van der Waals surface area contributed by atoms with Crippen molar-refractivity contribution in [2.75, 3.05) is 20.0 Å². The number of anilines is 1. The summed E-state index contributed by atoms with van der Waals surface area (Å²) in [5.41, 5.74) is 6.23. The number of nitro benzene ring substituents is 1. The van der Waals surface area contributed by atoms with Gasteiger partial charge in [-0.25, -0.2) is 0 Å². The third-order valence-electron chi connectivity index (χ3n) is 2.52. The molecule has 0 heterocycles. The van der Waals surface area contributed by atoms with Crippen LogP contribution in [0, 0.1) is 10.1 Å². The van der Waals surface area contributed by atoms with Gasteiger partial charge in [-0.3, -0.25) is 10.1 Å². The first-order chi connectivity index (χ1) is 10.4. The molecule has 2 rings (SSSR count). The molecule has 0 saturated carbocycles. The lowest BCUT2D eigenvalue weighted by atomic mass is 10.3. The van der Waals surface area contributed by atoms with Crippen LogP contribution in [0.1, 0.15) is 0 Å². The first-order valence-corrected chi connectivity index (χ1v) is 7.54. The predicted octanol–water partition coefficient (Wildman–Crippen LogP) is 4.41. The molecule has 0 aliphatic heterocycles. The van der Waals surface area contributed by atoms with Crippen LogP contribution in [-0.4, -0.2) is 19.1 Å². The van der Waals surface area contributed by atoms with Crippen molar-refractivity contribution in [3.05, 3.63) is 55.5 Å². The van der Waals surface area contributed by atoms with E-state index < -0.39 is 4.92 Å². The van der Waals surface area contributed by atoms with Crippen LogP contribution in [0.2, 0.25) is 0 Å². The van der Waals surface area contributed by atoms with Gasteiger partial charge in [-0.2, -0.15) is 0 Å². The van der Waals surface area contributed by atoms with Crippen molar-refractivity contribution in [2.45, 2.75) is 0 Å². The van der Waals surface area contributed by atoms with Crippen LogP contribution in [0.4, 0.5) is 11.4 Å². The predicted molar refractivity (Wildman–Crippen MR) is 92.5 cm³/mol. The standard InChI is InChI=1S/C7H6BrNO3.C7H8BrNO/c1-12-7-4-5(9(10)11)2-3-6(7)8;1-10-7-4-5(9)2-3-6(7)8/h2-4H,1H3;2-4H,9H2,1H3. The monoisotopic (exact) mass is 432 g/mol. The van der Waals surface area contributed by atoms with Gasteiger partial charge < -0.3 is 15.2 Å².